The molecule has 0 unspecified atom stereocenters. The van der Waals surface area contributed by atoms with Crippen molar-refractivity contribution in [2.24, 2.45) is 0 Å². The van der Waals surface area contributed by atoms with Crippen LogP contribution in [0.4, 0.5) is 0 Å². The smallest absolute Gasteiger partial charge is 0.226 e. The lowest BCUT2D eigenvalue weighted by Crippen LogP contribution is -1.90. The predicted molar refractivity (Wildman–Crippen MR) is 52.8 cm³/mol. The molecule has 2 aromatic heterocycles. The standard InChI is InChI=1S/C11H13NO/c1-7(2)10-5-4-9-6-8(3)13-11(9)12-10/h4-7H,1-3H3. The second-order valence-electron chi connectivity index (χ2n) is 3.64. The number of aromatic nitrogens is 1. The van der Waals surface area contributed by atoms with Gasteiger partial charge in [-0.25, -0.2) is 4.98 Å². The van der Waals surface area contributed by atoms with E-state index in [1.165, 1.54) is 0 Å². The van der Waals surface area contributed by atoms with Crippen LogP contribution in [-0.4, -0.2) is 4.98 Å². The van der Waals surface area contributed by atoms with Crippen LogP contribution < -0.4 is 0 Å². The first-order valence-corrected chi connectivity index (χ1v) is 4.54. The van der Waals surface area contributed by atoms with Gasteiger partial charge in [-0.1, -0.05) is 13.8 Å². The fraction of sp³-hybridized carbons (Fsp3) is 0.364. The summed E-state index contributed by atoms with van der Waals surface area (Å²) in [6.07, 6.45) is 0. The highest BCUT2D eigenvalue weighted by atomic mass is 16.3. The van der Waals surface area contributed by atoms with Crippen molar-refractivity contribution in [3.63, 3.8) is 0 Å². The Morgan fingerprint density at radius 2 is 2.08 bits per heavy atom. The molecule has 2 heteroatoms. The Kier molecular flexibility index (Phi) is 1.83. The number of rotatable bonds is 1. The Hall–Kier alpha value is -1.31. The molecule has 2 aromatic rings. The van der Waals surface area contributed by atoms with Gasteiger partial charge in [0.15, 0.2) is 0 Å². The van der Waals surface area contributed by atoms with Crippen LogP contribution in [0.3, 0.4) is 0 Å². The highest BCUT2D eigenvalue weighted by Crippen LogP contribution is 2.20. The van der Waals surface area contributed by atoms with Crippen molar-refractivity contribution in [3.05, 3.63) is 29.7 Å². The number of pyridine rings is 1. The number of furan rings is 1. The molecular weight excluding hydrogens is 162 g/mol. The maximum atomic E-state index is 5.45. The van der Waals surface area contributed by atoms with Gasteiger partial charge >= 0.3 is 0 Å². The zero-order valence-corrected chi connectivity index (χ0v) is 8.16. The van der Waals surface area contributed by atoms with Crippen molar-refractivity contribution in [1.82, 2.24) is 4.98 Å². The number of hydrogen-bond donors (Lipinski definition) is 0. The summed E-state index contributed by atoms with van der Waals surface area (Å²) in [6.45, 7) is 6.20. The fourth-order valence-corrected chi connectivity index (χ4v) is 1.38. The molecule has 0 N–H and O–H groups in total. The SMILES string of the molecule is Cc1cc2ccc(C(C)C)nc2o1. The van der Waals surface area contributed by atoms with E-state index in [2.05, 4.69) is 31.0 Å². The van der Waals surface area contributed by atoms with Gasteiger partial charge in [-0.15, -0.1) is 0 Å². The van der Waals surface area contributed by atoms with Crippen LogP contribution in [0.5, 0.6) is 0 Å². The monoisotopic (exact) mass is 175 g/mol. The summed E-state index contributed by atoms with van der Waals surface area (Å²) in [7, 11) is 0. The molecular formula is C11H13NO. The Morgan fingerprint density at radius 1 is 1.31 bits per heavy atom. The third-order valence-electron chi connectivity index (χ3n) is 2.12. The van der Waals surface area contributed by atoms with Crippen molar-refractivity contribution < 1.29 is 4.42 Å². The van der Waals surface area contributed by atoms with E-state index >= 15 is 0 Å². The molecule has 0 bridgehead atoms. The third kappa shape index (κ3) is 1.44. The zero-order valence-electron chi connectivity index (χ0n) is 8.16. The first-order chi connectivity index (χ1) is 6.16. The minimum atomic E-state index is 0.454. The van der Waals surface area contributed by atoms with Crippen LogP contribution >= 0.6 is 0 Å². The first-order valence-electron chi connectivity index (χ1n) is 4.54. The summed E-state index contributed by atoms with van der Waals surface area (Å²) in [5.41, 5.74) is 1.84. The van der Waals surface area contributed by atoms with E-state index in [0.29, 0.717) is 5.92 Å². The second kappa shape index (κ2) is 2.87. The van der Waals surface area contributed by atoms with E-state index in [4.69, 9.17) is 4.42 Å². The molecule has 0 aliphatic carbocycles. The summed E-state index contributed by atoms with van der Waals surface area (Å²) in [4.78, 5) is 4.43. The molecule has 0 saturated carbocycles. The molecule has 0 spiro atoms. The number of nitrogens with zero attached hydrogens (tertiary/aromatic N) is 1. The predicted octanol–water partition coefficient (Wildman–Crippen LogP) is 3.26. The molecule has 0 saturated heterocycles. The topological polar surface area (TPSA) is 26.0 Å². The van der Waals surface area contributed by atoms with E-state index in [1.54, 1.807) is 0 Å². The lowest BCUT2D eigenvalue weighted by atomic mass is 10.1. The molecule has 2 nitrogen and oxygen atoms in total. The van der Waals surface area contributed by atoms with E-state index in [0.717, 1.165) is 22.6 Å². The Balaban J connectivity index is 2.61. The molecule has 2 rings (SSSR count). The molecule has 0 amide bonds. The summed E-state index contributed by atoms with van der Waals surface area (Å²) in [5, 5.41) is 1.09. The molecule has 13 heavy (non-hydrogen) atoms. The molecule has 68 valence electrons. The average Bonchev–Trinajstić information content (AvgIpc) is 2.42. The summed E-state index contributed by atoms with van der Waals surface area (Å²) < 4.78 is 5.45. The largest absolute Gasteiger partial charge is 0.443 e. The van der Waals surface area contributed by atoms with Crippen molar-refractivity contribution in [2.45, 2.75) is 26.7 Å². The maximum Gasteiger partial charge on any atom is 0.226 e. The Labute approximate surface area is 77.6 Å². The fourth-order valence-electron chi connectivity index (χ4n) is 1.38. The molecule has 0 radical (unpaired) electrons. The lowest BCUT2D eigenvalue weighted by Gasteiger charge is -2.01. The molecule has 0 aliphatic rings. The maximum absolute atomic E-state index is 5.45. The van der Waals surface area contributed by atoms with Gasteiger partial charge in [0, 0.05) is 11.1 Å². The van der Waals surface area contributed by atoms with Crippen molar-refractivity contribution in [2.75, 3.05) is 0 Å². The van der Waals surface area contributed by atoms with Gasteiger partial charge in [-0.05, 0) is 31.0 Å². The number of fused-ring (bicyclic) bond motifs is 1. The molecule has 0 aromatic carbocycles. The quantitative estimate of drug-likeness (QED) is 0.664. The van der Waals surface area contributed by atoms with Gasteiger partial charge < -0.3 is 4.42 Å². The molecule has 2 heterocycles. The highest BCUT2D eigenvalue weighted by molar-refractivity contribution is 5.74. The van der Waals surface area contributed by atoms with Gasteiger partial charge in [-0.3, -0.25) is 0 Å². The average molecular weight is 175 g/mol. The molecule has 0 atom stereocenters. The molecule has 0 fully saturated rings. The van der Waals surface area contributed by atoms with E-state index in [9.17, 15) is 0 Å². The van der Waals surface area contributed by atoms with Crippen LogP contribution in [0.1, 0.15) is 31.2 Å². The highest BCUT2D eigenvalue weighted by Gasteiger charge is 2.05. The van der Waals surface area contributed by atoms with Crippen LogP contribution in [-0.2, 0) is 0 Å². The number of aryl methyl sites for hydroxylation is 1. The van der Waals surface area contributed by atoms with Crippen LogP contribution in [0.15, 0.2) is 22.6 Å². The normalized spacial score (nSPS) is 11.4. The van der Waals surface area contributed by atoms with Crippen molar-refractivity contribution in [3.8, 4) is 0 Å². The van der Waals surface area contributed by atoms with Gasteiger partial charge in [0.1, 0.15) is 5.76 Å². The Bertz CT molecular complexity index is 429. The van der Waals surface area contributed by atoms with Gasteiger partial charge in [0.2, 0.25) is 5.71 Å². The third-order valence-corrected chi connectivity index (χ3v) is 2.12. The van der Waals surface area contributed by atoms with E-state index in [-0.39, 0.29) is 0 Å². The zero-order chi connectivity index (χ0) is 9.42. The van der Waals surface area contributed by atoms with Gasteiger partial charge in [0.05, 0.1) is 0 Å². The second-order valence-corrected chi connectivity index (χ2v) is 3.64. The minimum absolute atomic E-state index is 0.454. The van der Waals surface area contributed by atoms with Crippen molar-refractivity contribution in [1.29, 1.82) is 0 Å². The van der Waals surface area contributed by atoms with Crippen LogP contribution in [0, 0.1) is 6.92 Å². The first kappa shape index (κ1) is 8.30. The lowest BCUT2D eigenvalue weighted by molar-refractivity contribution is 0.564. The van der Waals surface area contributed by atoms with Gasteiger partial charge in [0.25, 0.3) is 0 Å². The Morgan fingerprint density at radius 3 is 2.77 bits per heavy atom. The summed E-state index contributed by atoms with van der Waals surface area (Å²) in [6, 6.07) is 6.13. The van der Waals surface area contributed by atoms with Crippen LogP contribution in [0.2, 0.25) is 0 Å². The van der Waals surface area contributed by atoms with Gasteiger partial charge in [-0.2, -0.15) is 0 Å². The van der Waals surface area contributed by atoms with Crippen molar-refractivity contribution >= 4 is 11.1 Å². The van der Waals surface area contributed by atoms with E-state index < -0.39 is 0 Å². The van der Waals surface area contributed by atoms with E-state index in [1.807, 2.05) is 13.0 Å². The minimum Gasteiger partial charge on any atom is -0.443 e. The summed E-state index contributed by atoms with van der Waals surface area (Å²) in [5.74, 6) is 1.37. The van der Waals surface area contributed by atoms with Crippen LogP contribution in [0.25, 0.3) is 11.1 Å². The molecule has 0 aliphatic heterocycles. The number of hydrogen-bond acceptors (Lipinski definition) is 2. The summed E-state index contributed by atoms with van der Waals surface area (Å²) >= 11 is 0.